The molecule has 1 amide bonds. The zero-order chi connectivity index (χ0) is 20.1. The molecule has 0 bridgehead atoms. The maximum absolute atomic E-state index is 12.3. The molecule has 0 saturated heterocycles. The Morgan fingerprint density at radius 3 is 2.25 bits per heavy atom. The first-order valence-corrected chi connectivity index (χ1v) is 10.3. The topological polar surface area (TPSA) is 46.2 Å². The number of hydrogen-bond acceptors (Lipinski definition) is 3. The highest BCUT2D eigenvalue weighted by atomic mass is 35.5. The van der Waals surface area contributed by atoms with Crippen molar-refractivity contribution in [2.24, 2.45) is 0 Å². The van der Waals surface area contributed by atoms with E-state index in [9.17, 15) is 9.59 Å². The van der Waals surface area contributed by atoms with E-state index in [0.717, 1.165) is 10.5 Å². The number of benzene rings is 3. The van der Waals surface area contributed by atoms with Gasteiger partial charge in [0.1, 0.15) is 0 Å². The Bertz CT molecular complexity index is 1000. The van der Waals surface area contributed by atoms with Crippen LogP contribution >= 0.6 is 35.0 Å². The number of Topliss-reactive ketones (excluding diaryl/α,β-unsaturated/α-hetero) is 1. The Morgan fingerprint density at radius 2 is 1.61 bits per heavy atom. The van der Waals surface area contributed by atoms with Crippen LogP contribution in [0.2, 0.25) is 10.0 Å². The molecule has 0 spiro atoms. The average Bonchev–Trinajstić information content (AvgIpc) is 2.67. The van der Waals surface area contributed by atoms with Gasteiger partial charge in [-0.2, -0.15) is 0 Å². The van der Waals surface area contributed by atoms with Gasteiger partial charge < -0.3 is 5.32 Å². The average molecular weight is 430 g/mol. The summed E-state index contributed by atoms with van der Waals surface area (Å²) in [6.45, 7) is 1.98. The predicted molar refractivity (Wildman–Crippen MR) is 117 cm³/mol. The van der Waals surface area contributed by atoms with Gasteiger partial charge in [-0.3, -0.25) is 9.59 Å². The minimum atomic E-state index is -0.159. The molecule has 0 aliphatic rings. The largest absolute Gasteiger partial charge is 0.322 e. The third kappa shape index (κ3) is 5.38. The van der Waals surface area contributed by atoms with E-state index in [4.69, 9.17) is 23.2 Å². The number of hydrogen-bond donors (Lipinski definition) is 1. The predicted octanol–water partition coefficient (Wildman–Crippen LogP) is 6.53. The molecular weight excluding hydrogens is 413 g/mol. The summed E-state index contributed by atoms with van der Waals surface area (Å²) in [5.41, 5.74) is 2.87. The van der Waals surface area contributed by atoms with Crippen molar-refractivity contribution >= 4 is 52.3 Å². The number of thioether (sulfide) groups is 1. The summed E-state index contributed by atoms with van der Waals surface area (Å²) in [7, 11) is 0. The van der Waals surface area contributed by atoms with Crippen LogP contribution in [-0.2, 0) is 0 Å². The number of halogens is 2. The molecule has 0 radical (unpaired) electrons. The molecule has 3 nitrogen and oxygen atoms in total. The highest BCUT2D eigenvalue weighted by Gasteiger charge is 2.11. The Balaban J connectivity index is 1.57. The van der Waals surface area contributed by atoms with E-state index in [1.807, 2.05) is 43.3 Å². The van der Waals surface area contributed by atoms with E-state index < -0.39 is 0 Å². The molecule has 0 fully saturated rings. The first-order valence-electron chi connectivity index (χ1n) is 8.51. The third-order valence-electron chi connectivity index (χ3n) is 4.03. The highest BCUT2D eigenvalue weighted by Crippen LogP contribution is 2.25. The number of carbonyl (C=O) groups is 2. The molecular formula is C22H17Cl2NO2S. The van der Waals surface area contributed by atoms with Crippen LogP contribution in [0.4, 0.5) is 5.69 Å². The van der Waals surface area contributed by atoms with Gasteiger partial charge in [-0.05, 0) is 61.5 Å². The molecule has 0 unspecified atom stereocenters. The van der Waals surface area contributed by atoms with E-state index in [1.54, 1.807) is 30.3 Å². The summed E-state index contributed by atoms with van der Waals surface area (Å²) in [6.07, 6.45) is 0. The first-order chi connectivity index (χ1) is 13.4. The number of nitrogens with one attached hydrogen (secondary N) is 1. The molecule has 3 aromatic carbocycles. The van der Waals surface area contributed by atoms with Gasteiger partial charge in [-0.25, -0.2) is 0 Å². The van der Waals surface area contributed by atoms with Gasteiger partial charge in [0.2, 0.25) is 0 Å². The van der Waals surface area contributed by atoms with Crippen LogP contribution in [0.1, 0.15) is 26.3 Å². The van der Waals surface area contributed by atoms with Crippen LogP contribution in [-0.4, -0.2) is 17.4 Å². The summed E-state index contributed by atoms with van der Waals surface area (Å²) >= 11 is 13.3. The van der Waals surface area contributed by atoms with E-state index in [0.29, 0.717) is 26.9 Å². The molecule has 0 heterocycles. The minimum Gasteiger partial charge on any atom is -0.322 e. The Labute approximate surface area is 178 Å². The zero-order valence-corrected chi connectivity index (χ0v) is 17.4. The lowest BCUT2D eigenvalue weighted by molar-refractivity contribution is 0.101. The van der Waals surface area contributed by atoms with E-state index >= 15 is 0 Å². The normalized spacial score (nSPS) is 10.5. The second kappa shape index (κ2) is 9.28. The number of amides is 1. The molecule has 0 saturated carbocycles. The van der Waals surface area contributed by atoms with Crippen molar-refractivity contribution in [2.75, 3.05) is 11.1 Å². The minimum absolute atomic E-state index is 0.0663. The van der Waals surface area contributed by atoms with Crippen LogP contribution in [0.3, 0.4) is 0 Å². The third-order valence-corrected chi connectivity index (χ3v) is 5.59. The molecule has 142 valence electrons. The molecule has 3 aromatic rings. The number of ketones is 1. The molecule has 1 N–H and O–H groups in total. The van der Waals surface area contributed by atoms with Crippen molar-refractivity contribution in [2.45, 2.75) is 11.8 Å². The fourth-order valence-electron chi connectivity index (χ4n) is 2.48. The van der Waals surface area contributed by atoms with Crippen LogP contribution in [0.15, 0.2) is 71.6 Å². The first kappa shape index (κ1) is 20.5. The lowest BCUT2D eigenvalue weighted by Gasteiger charge is -2.07. The van der Waals surface area contributed by atoms with Crippen molar-refractivity contribution in [3.63, 3.8) is 0 Å². The number of carbonyl (C=O) groups excluding carboxylic acids is 2. The van der Waals surface area contributed by atoms with Crippen molar-refractivity contribution in [3.8, 4) is 0 Å². The summed E-state index contributed by atoms with van der Waals surface area (Å²) in [4.78, 5) is 25.5. The smallest absolute Gasteiger partial charge is 0.255 e. The SMILES string of the molecule is Cc1ccc(C(=O)Nc2ccc(SCC(=O)c3ccc(Cl)cc3Cl)cc2)cc1. The second-order valence-corrected chi connectivity index (χ2v) is 8.07. The number of aryl methyl sites for hydroxylation is 1. The molecule has 0 atom stereocenters. The Hall–Kier alpha value is -2.27. The maximum Gasteiger partial charge on any atom is 0.255 e. The van der Waals surface area contributed by atoms with Crippen molar-refractivity contribution in [3.05, 3.63) is 93.5 Å². The summed E-state index contributed by atoms with van der Waals surface area (Å²) in [5, 5.41) is 3.71. The Kier molecular flexibility index (Phi) is 6.79. The fraction of sp³-hybridized carbons (Fsp3) is 0.0909. The van der Waals surface area contributed by atoms with Gasteiger partial charge in [0.25, 0.3) is 5.91 Å². The summed E-state index contributed by atoms with van der Waals surface area (Å²) in [5.74, 6) is 0.0348. The van der Waals surface area contributed by atoms with Gasteiger partial charge >= 0.3 is 0 Å². The lowest BCUT2D eigenvalue weighted by Crippen LogP contribution is -2.11. The monoisotopic (exact) mass is 429 g/mol. The number of anilines is 1. The van der Waals surface area contributed by atoms with Gasteiger partial charge in [0.15, 0.2) is 5.78 Å². The van der Waals surface area contributed by atoms with Crippen LogP contribution in [0, 0.1) is 6.92 Å². The molecule has 0 aliphatic heterocycles. The lowest BCUT2D eigenvalue weighted by atomic mass is 10.1. The van der Waals surface area contributed by atoms with Crippen LogP contribution < -0.4 is 5.32 Å². The highest BCUT2D eigenvalue weighted by molar-refractivity contribution is 8.00. The van der Waals surface area contributed by atoms with Gasteiger partial charge in [0, 0.05) is 26.7 Å². The quantitative estimate of drug-likeness (QED) is 0.357. The second-order valence-electron chi connectivity index (χ2n) is 6.18. The molecule has 0 aromatic heterocycles. The molecule has 0 aliphatic carbocycles. The number of rotatable bonds is 6. The zero-order valence-electron chi connectivity index (χ0n) is 15.0. The van der Waals surface area contributed by atoms with Crippen molar-refractivity contribution in [1.82, 2.24) is 0 Å². The van der Waals surface area contributed by atoms with Crippen molar-refractivity contribution < 1.29 is 9.59 Å². The van der Waals surface area contributed by atoms with Gasteiger partial charge in [0.05, 0.1) is 10.8 Å². The van der Waals surface area contributed by atoms with E-state index in [2.05, 4.69) is 5.32 Å². The fourth-order valence-corrected chi connectivity index (χ4v) is 3.78. The molecule has 6 heteroatoms. The van der Waals surface area contributed by atoms with E-state index in [-0.39, 0.29) is 17.4 Å². The molecule has 28 heavy (non-hydrogen) atoms. The molecule has 3 rings (SSSR count). The van der Waals surface area contributed by atoms with Crippen LogP contribution in [0.25, 0.3) is 0 Å². The van der Waals surface area contributed by atoms with Gasteiger partial charge in [-0.1, -0.05) is 40.9 Å². The van der Waals surface area contributed by atoms with Crippen molar-refractivity contribution in [1.29, 1.82) is 0 Å². The summed E-state index contributed by atoms with van der Waals surface area (Å²) in [6, 6.07) is 19.6. The van der Waals surface area contributed by atoms with E-state index in [1.165, 1.54) is 11.8 Å². The van der Waals surface area contributed by atoms with Crippen LogP contribution in [0.5, 0.6) is 0 Å². The summed E-state index contributed by atoms with van der Waals surface area (Å²) < 4.78 is 0. The van der Waals surface area contributed by atoms with Gasteiger partial charge in [-0.15, -0.1) is 11.8 Å². The maximum atomic E-state index is 12.3. The standard InChI is InChI=1S/C22H17Cl2NO2S/c1-14-2-4-15(5-3-14)22(27)25-17-7-9-18(10-8-17)28-13-21(26)19-11-6-16(23)12-20(19)24/h2-12H,13H2,1H3,(H,25,27). The Morgan fingerprint density at radius 1 is 0.929 bits per heavy atom.